The van der Waals surface area contributed by atoms with Crippen molar-refractivity contribution in [3.8, 4) is 0 Å². The Bertz CT molecular complexity index is 361. The highest BCUT2D eigenvalue weighted by atomic mass is 32.2. The van der Waals surface area contributed by atoms with Gasteiger partial charge in [-0.1, -0.05) is 0 Å². The van der Waals surface area contributed by atoms with Gasteiger partial charge in [-0.25, -0.2) is 4.98 Å². The number of aryl methyl sites for hydroxylation is 1. The van der Waals surface area contributed by atoms with Crippen LogP contribution in [0.1, 0.15) is 18.4 Å². The Labute approximate surface area is 92.8 Å². The molecule has 1 fully saturated rings. The lowest BCUT2D eigenvalue weighted by molar-refractivity contribution is 0.519. The zero-order chi connectivity index (χ0) is 10.7. The third kappa shape index (κ3) is 2.63. The minimum atomic E-state index is -0.954. The summed E-state index contributed by atoms with van der Waals surface area (Å²) in [7, 11) is -0.954. The molecule has 0 radical (unpaired) electrons. The van der Waals surface area contributed by atoms with Gasteiger partial charge in [-0.3, -0.25) is 4.21 Å². The van der Waals surface area contributed by atoms with E-state index in [2.05, 4.69) is 10.3 Å². The van der Waals surface area contributed by atoms with Crippen molar-refractivity contribution in [3.63, 3.8) is 0 Å². The molecule has 0 aliphatic carbocycles. The Balaban J connectivity index is 2.12. The highest BCUT2D eigenvalue weighted by Crippen LogP contribution is 2.15. The minimum absolute atomic E-state index is 0.230. The van der Waals surface area contributed by atoms with Crippen LogP contribution in [-0.4, -0.2) is 27.5 Å². The van der Waals surface area contributed by atoms with Crippen molar-refractivity contribution in [1.29, 1.82) is 0 Å². The van der Waals surface area contributed by atoms with Crippen molar-refractivity contribution in [3.05, 3.63) is 23.9 Å². The molecule has 0 saturated carbocycles. The zero-order valence-electron chi connectivity index (χ0n) is 8.90. The molecule has 82 valence electrons. The number of pyridine rings is 1. The summed E-state index contributed by atoms with van der Waals surface area (Å²) in [5.74, 6) is 0. The first-order valence-corrected chi connectivity index (χ1v) is 6.52. The minimum Gasteiger partial charge on any atom is -0.316 e. The predicted molar refractivity (Wildman–Crippen MR) is 61.3 cm³/mol. The molecule has 1 aliphatic heterocycles. The summed E-state index contributed by atoms with van der Waals surface area (Å²) in [6.07, 6.45) is 3.89. The first-order chi connectivity index (χ1) is 7.27. The van der Waals surface area contributed by atoms with E-state index in [0.29, 0.717) is 0 Å². The lowest BCUT2D eigenvalue weighted by atomic mass is 10.2. The third-order valence-corrected chi connectivity index (χ3v) is 4.29. The number of hydrogen-bond acceptors (Lipinski definition) is 3. The summed E-state index contributed by atoms with van der Waals surface area (Å²) in [5, 5.41) is 4.23. The SMILES string of the molecule is Cc1ccnc([S@@](=O)[C@@H]2CCCNC2)c1. The molecule has 4 heteroatoms. The standard InChI is InChI=1S/C11H16N2OS/c1-9-4-6-13-11(7-9)15(14)10-3-2-5-12-8-10/h4,6-7,10,12H,2-3,5,8H2,1H3/t10-,15+/m1/s1. The van der Waals surface area contributed by atoms with Crippen LogP contribution in [0, 0.1) is 6.92 Å². The number of hydrogen-bond donors (Lipinski definition) is 1. The maximum atomic E-state index is 12.2. The Hall–Kier alpha value is -0.740. The van der Waals surface area contributed by atoms with Crippen LogP contribution >= 0.6 is 0 Å². The maximum absolute atomic E-state index is 12.2. The van der Waals surface area contributed by atoms with E-state index in [1.54, 1.807) is 6.20 Å². The summed E-state index contributed by atoms with van der Waals surface area (Å²) >= 11 is 0. The second-order valence-electron chi connectivity index (χ2n) is 3.94. The van der Waals surface area contributed by atoms with Gasteiger partial charge in [0, 0.05) is 12.7 Å². The molecule has 2 heterocycles. The molecule has 3 nitrogen and oxygen atoms in total. The third-order valence-electron chi connectivity index (χ3n) is 2.65. The van der Waals surface area contributed by atoms with Gasteiger partial charge in [0.05, 0.1) is 16.0 Å². The topological polar surface area (TPSA) is 42.0 Å². The second-order valence-corrected chi connectivity index (χ2v) is 5.62. The lowest BCUT2D eigenvalue weighted by Gasteiger charge is -2.21. The van der Waals surface area contributed by atoms with E-state index in [1.165, 1.54) is 0 Å². The average Bonchev–Trinajstić information content (AvgIpc) is 2.29. The normalized spacial score (nSPS) is 23.7. The molecule has 2 rings (SSSR count). The first-order valence-electron chi connectivity index (χ1n) is 5.31. The molecule has 15 heavy (non-hydrogen) atoms. The Morgan fingerprint density at radius 2 is 2.47 bits per heavy atom. The van der Waals surface area contributed by atoms with Gasteiger partial charge in [0.2, 0.25) is 0 Å². The molecule has 0 spiro atoms. The quantitative estimate of drug-likeness (QED) is 0.822. The summed E-state index contributed by atoms with van der Waals surface area (Å²) < 4.78 is 12.2. The number of rotatable bonds is 2. The van der Waals surface area contributed by atoms with Crippen LogP contribution in [0.3, 0.4) is 0 Å². The second kappa shape index (κ2) is 4.86. The molecule has 0 unspecified atom stereocenters. The van der Waals surface area contributed by atoms with Crippen molar-refractivity contribution in [2.24, 2.45) is 0 Å². The molecule has 0 bridgehead atoms. The highest BCUT2D eigenvalue weighted by Gasteiger charge is 2.21. The predicted octanol–water partition coefficient (Wildman–Crippen LogP) is 1.25. The molecular weight excluding hydrogens is 208 g/mol. The van der Waals surface area contributed by atoms with Crippen LogP contribution in [-0.2, 0) is 10.8 Å². The fraction of sp³-hybridized carbons (Fsp3) is 0.545. The Morgan fingerprint density at radius 1 is 1.60 bits per heavy atom. The summed E-state index contributed by atoms with van der Waals surface area (Å²) in [6.45, 7) is 3.90. The van der Waals surface area contributed by atoms with E-state index >= 15 is 0 Å². The summed E-state index contributed by atoms with van der Waals surface area (Å²) in [6, 6.07) is 3.85. The van der Waals surface area contributed by atoms with Crippen LogP contribution < -0.4 is 5.32 Å². The number of nitrogens with one attached hydrogen (secondary N) is 1. The van der Waals surface area contributed by atoms with E-state index in [1.807, 2.05) is 19.1 Å². The molecular formula is C11H16N2OS. The fourth-order valence-corrected chi connectivity index (χ4v) is 3.25. The van der Waals surface area contributed by atoms with Gasteiger partial charge in [-0.2, -0.15) is 0 Å². The number of aromatic nitrogens is 1. The zero-order valence-corrected chi connectivity index (χ0v) is 9.72. The van der Waals surface area contributed by atoms with Crippen molar-refractivity contribution in [1.82, 2.24) is 10.3 Å². The van der Waals surface area contributed by atoms with Crippen LogP contribution in [0.25, 0.3) is 0 Å². The van der Waals surface area contributed by atoms with E-state index in [9.17, 15) is 4.21 Å². The van der Waals surface area contributed by atoms with Crippen LogP contribution in [0.2, 0.25) is 0 Å². The van der Waals surface area contributed by atoms with E-state index in [-0.39, 0.29) is 5.25 Å². The van der Waals surface area contributed by atoms with E-state index < -0.39 is 10.8 Å². The van der Waals surface area contributed by atoms with Crippen molar-refractivity contribution in [2.45, 2.75) is 30.0 Å². The average molecular weight is 224 g/mol. The van der Waals surface area contributed by atoms with Gasteiger partial charge in [-0.15, -0.1) is 0 Å². The number of nitrogens with zero attached hydrogens (tertiary/aromatic N) is 1. The lowest BCUT2D eigenvalue weighted by Crippen LogP contribution is -2.36. The van der Waals surface area contributed by atoms with Crippen molar-refractivity contribution < 1.29 is 4.21 Å². The largest absolute Gasteiger partial charge is 0.316 e. The van der Waals surface area contributed by atoms with Crippen LogP contribution in [0.15, 0.2) is 23.4 Å². The van der Waals surface area contributed by atoms with Gasteiger partial charge in [0.15, 0.2) is 0 Å². The first kappa shape index (κ1) is 10.8. The van der Waals surface area contributed by atoms with E-state index in [4.69, 9.17) is 0 Å². The van der Waals surface area contributed by atoms with Crippen LogP contribution in [0.5, 0.6) is 0 Å². The summed E-state index contributed by atoms with van der Waals surface area (Å²) in [4.78, 5) is 4.19. The fourth-order valence-electron chi connectivity index (χ4n) is 1.79. The summed E-state index contributed by atoms with van der Waals surface area (Å²) in [5.41, 5.74) is 1.12. The Morgan fingerprint density at radius 3 is 3.13 bits per heavy atom. The monoisotopic (exact) mass is 224 g/mol. The van der Waals surface area contributed by atoms with Crippen molar-refractivity contribution >= 4 is 10.8 Å². The Kier molecular flexibility index (Phi) is 3.49. The van der Waals surface area contributed by atoms with Gasteiger partial charge in [-0.05, 0) is 44.0 Å². The smallest absolute Gasteiger partial charge is 0.127 e. The molecule has 1 N–H and O–H groups in total. The van der Waals surface area contributed by atoms with Crippen LogP contribution in [0.4, 0.5) is 0 Å². The van der Waals surface area contributed by atoms with E-state index in [0.717, 1.165) is 36.5 Å². The molecule has 2 atom stereocenters. The molecule has 0 amide bonds. The van der Waals surface area contributed by atoms with Gasteiger partial charge in [0.25, 0.3) is 0 Å². The van der Waals surface area contributed by atoms with Gasteiger partial charge >= 0.3 is 0 Å². The molecule has 1 aromatic heterocycles. The molecule has 1 aromatic rings. The van der Waals surface area contributed by atoms with Gasteiger partial charge in [0.1, 0.15) is 5.03 Å². The molecule has 1 saturated heterocycles. The van der Waals surface area contributed by atoms with Gasteiger partial charge < -0.3 is 5.32 Å². The highest BCUT2D eigenvalue weighted by molar-refractivity contribution is 7.85. The van der Waals surface area contributed by atoms with Crippen molar-refractivity contribution in [2.75, 3.05) is 13.1 Å². The molecule has 1 aliphatic rings. The molecule has 0 aromatic carbocycles. The maximum Gasteiger partial charge on any atom is 0.127 e. The number of piperidine rings is 1.